The van der Waals surface area contributed by atoms with E-state index in [4.69, 9.17) is 9.78 Å². The highest BCUT2D eigenvalue weighted by Crippen LogP contribution is 2.23. The van der Waals surface area contributed by atoms with Crippen LogP contribution in [0.3, 0.4) is 0 Å². The molecule has 0 aliphatic heterocycles. The third-order valence-corrected chi connectivity index (χ3v) is 5.46. The number of halogens is 2. The molecule has 34 heavy (non-hydrogen) atoms. The molecule has 0 amide bonds. The zero-order valence-corrected chi connectivity index (χ0v) is 18.5. The largest absolute Gasteiger partial charge is 0.230 e. The van der Waals surface area contributed by atoms with Crippen LogP contribution in [-0.4, -0.2) is 0 Å². The Kier molecular flexibility index (Phi) is 7.77. The van der Waals surface area contributed by atoms with Gasteiger partial charge in [-0.15, -0.1) is 0 Å². The Morgan fingerprint density at radius 2 is 1.24 bits per heavy atom. The van der Waals surface area contributed by atoms with Gasteiger partial charge < -0.3 is 0 Å². The first kappa shape index (κ1) is 23.3. The molecule has 4 rings (SSSR count). The predicted octanol–water partition coefficient (Wildman–Crippen LogP) is 6.86. The van der Waals surface area contributed by atoms with Gasteiger partial charge in [0.1, 0.15) is 24.3 Å². The number of rotatable bonds is 9. The van der Waals surface area contributed by atoms with Gasteiger partial charge in [-0.1, -0.05) is 78.9 Å². The van der Waals surface area contributed by atoms with Crippen LogP contribution in [0.1, 0.15) is 39.5 Å². The van der Waals surface area contributed by atoms with Crippen molar-refractivity contribution in [1.82, 2.24) is 0 Å². The van der Waals surface area contributed by atoms with Crippen LogP contribution in [0.5, 0.6) is 0 Å². The van der Waals surface area contributed by atoms with Gasteiger partial charge in [-0.05, 0) is 51.6 Å². The lowest BCUT2D eigenvalue weighted by molar-refractivity contribution is -0.324. The fraction of sp³-hybridized carbons (Fsp3) is 0.138. The molecule has 0 saturated carbocycles. The molecule has 0 saturated heterocycles. The average Bonchev–Trinajstić information content (AvgIpc) is 2.86. The minimum Gasteiger partial charge on any atom is -0.230 e. The number of hydrogen-bond donors (Lipinski definition) is 0. The van der Waals surface area contributed by atoms with Crippen molar-refractivity contribution in [3.8, 4) is 6.07 Å². The van der Waals surface area contributed by atoms with Gasteiger partial charge in [0, 0.05) is 12.8 Å². The van der Waals surface area contributed by atoms with E-state index in [1.165, 1.54) is 18.2 Å². The second-order valence-corrected chi connectivity index (χ2v) is 7.97. The molecule has 170 valence electrons. The Hall–Kier alpha value is -3.85. The van der Waals surface area contributed by atoms with Crippen LogP contribution in [0, 0.1) is 23.0 Å². The normalized spacial score (nSPS) is 11.7. The summed E-state index contributed by atoms with van der Waals surface area (Å²) < 4.78 is 28.6. The summed E-state index contributed by atoms with van der Waals surface area (Å²) in [5, 5.41) is 9.57. The van der Waals surface area contributed by atoms with Crippen molar-refractivity contribution in [2.45, 2.75) is 25.6 Å². The fourth-order valence-corrected chi connectivity index (χ4v) is 3.70. The molecule has 5 heteroatoms. The molecule has 0 heterocycles. The highest BCUT2D eigenvalue weighted by Gasteiger charge is 2.16. The first-order valence-electron chi connectivity index (χ1n) is 10.9. The summed E-state index contributed by atoms with van der Waals surface area (Å²) in [6, 6.07) is 30.4. The summed E-state index contributed by atoms with van der Waals surface area (Å²) in [5.74, 6) is -0.636. The average molecular weight is 456 g/mol. The SMILES string of the molecule is N#CC(OOCc1ccc(F)c(Cc2ccccc2)c1)c1ccc(F)c(Cc2ccccc2)c1. The van der Waals surface area contributed by atoms with Crippen LogP contribution in [0.25, 0.3) is 0 Å². The number of benzene rings is 4. The third kappa shape index (κ3) is 6.14. The zero-order chi connectivity index (χ0) is 23.8. The second kappa shape index (κ2) is 11.3. The molecule has 1 unspecified atom stereocenters. The quantitative estimate of drug-likeness (QED) is 0.205. The van der Waals surface area contributed by atoms with E-state index in [1.807, 2.05) is 66.7 Å². The molecule has 0 N–H and O–H groups in total. The minimum atomic E-state index is -1.03. The van der Waals surface area contributed by atoms with Crippen LogP contribution < -0.4 is 0 Å². The van der Waals surface area contributed by atoms with Gasteiger partial charge in [0.2, 0.25) is 6.10 Å². The summed E-state index contributed by atoms with van der Waals surface area (Å²) in [6.45, 7) is 0.0400. The van der Waals surface area contributed by atoms with E-state index in [0.717, 1.165) is 11.1 Å². The van der Waals surface area contributed by atoms with Crippen molar-refractivity contribution in [1.29, 1.82) is 5.26 Å². The molecule has 4 aromatic rings. The van der Waals surface area contributed by atoms with E-state index in [1.54, 1.807) is 18.2 Å². The number of hydrogen-bond acceptors (Lipinski definition) is 3. The predicted molar refractivity (Wildman–Crippen MR) is 126 cm³/mol. The standard InChI is InChI=1S/C29H23F2NO2/c30-27-13-11-23(17-25(27)15-21-7-3-1-4-8-21)20-33-34-29(19-32)24-12-14-28(31)26(18-24)16-22-9-5-2-6-10-22/h1-14,17-18,29H,15-16,20H2. The van der Waals surface area contributed by atoms with Gasteiger partial charge in [0.25, 0.3) is 0 Å². The van der Waals surface area contributed by atoms with Gasteiger partial charge in [-0.2, -0.15) is 5.26 Å². The van der Waals surface area contributed by atoms with E-state index in [0.29, 0.717) is 35.1 Å². The van der Waals surface area contributed by atoms with Crippen LogP contribution in [0.2, 0.25) is 0 Å². The molecule has 3 nitrogen and oxygen atoms in total. The minimum absolute atomic E-state index is 0.0400. The lowest BCUT2D eigenvalue weighted by atomic mass is 10.0. The van der Waals surface area contributed by atoms with Crippen molar-refractivity contribution >= 4 is 0 Å². The molecule has 0 aliphatic carbocycles. The van der Waals surface area contributed by atoms with Crippen LogP contribution >= 0.6 is 0 Å². The lowest BCUT2D eigenvalue weighted by Gasteiger charge is -2.13. The van der Waals surface area contributed by atoms with E-state index in [-0.39, 0.29) is 18.2 Å². The van der Waals surface area contributed by atoms with E-state index in [2.05, 4.69) is 0 Å². The summed E-state index contributed by atoms with van der Waals surface area (Å²) in [6.07, 6.45) is -0.166. The van der Waals surface area contributed by atoms with Gasteiger partial charge in [0.15, 0.2) is 0 Å². The molecular weight excluding hydrogens is 432 g/mol. The maximum atomic E-state index is 14.3. The van der Waals surface area contributed by atoms with E-state index >= 15 is 0 Å². The van der Waals surface area contributed by atoms with Gasteiger partial charge >= 0.3 is 0 Å². The van der Waals surface area contributed by atoms with Crippen molar-refractivity contribution < 1.29 is 18.6 Å². The summed E-state index contributed by atoms with van der Waals surface area (Å²) in [7, 11) is 0. The van der Waals surface area contributed by atoms with Crippen molar-refractivity contribution in [3.05, 3.63) is 142 Å². The molecule has 0 bridgehead atoms. The summed E-state index contributed by atoms with van der Waals surface area (Å²) in [5.41, 5.74) is 4.20. The Balaban J connectivity index is 1.40. The van der Waals surface area contributed by atoms with E-state index < -0.39 is 6.10 Å². The molecule has 4 aromatic carbocycles. The summed E-state index contributed by atoms with van der Waals surface area (Å²) in [4.78, 5) is 10.7. The highest BCUT2D eigenvalue weighted by atomic mass is 19.1. The van der Waals surface area contributed by atoms with Gasteiger partial charge in [0.05, 0.1) is 0 Å². The van der Waals surface area contributed by atoms with E-state index in [9.17, 15) is 14.0 Å². The molecule has 0 radical (unpaired) electrons. The summed E-state index contributed by atoms with van der Waals surface area (Å²) >= 11 is 0. The fourth-order valence-electron chi connectivity index (χ4n) is 3.70. The molecule has 0 spiro atoms. The Morgan fingerprint density at radius 1 is 0.676 bits per heavy atom. The van der Waals surface area contributed by atoms with Crippen LogP contribution in [-0.2, 0) is 29.2 Å². The molecule has 0 aliphatic rings. The first-order chi connectivity index (χ1) is 16.6. The van der Waals surface area contributed by atoms with Crippen LogP contribution in [0.4, 0.5) is 8.78 Å². The molecule has 0 aromatic heterocycles. The Morgan fingerprint density at radius 3 is 1.82 bits per heavy atom. The number of nitriles is 1. The smallest absolute Gasteiger partial charge is 0.204 e. The monoisotopic (exact) mass is 455 g/mol. The maximum Gasteiger partial charge on any atom is 0.204 e. The third-order valence-electron chi connectivity index (χ3n) is 5.46. The zero-order valence-electron chi connectivity index (χ0n) is 18.5. The Bertz CT molecular complexity index is 1270. The first-order valence-corrected chi connectivity index (χ1v) is 10.9. The molecular formula is C29H23F2NO2. The van der Waals surface area contributed by atoms with Crippen molar-refractivity contribution in [2.75, 3.05) is 0 Å². The Labute approximate surface area is 197 Å². The molecule has 1 atom stereocenters. The topological polar surface area (TPSA) is 42.2 Å². The van der Waals surface area contributed by atoms with Gasteiger partial charge in [-0.3, -0.25) is 0 Å². The second-order valence-electron chi connectivity index (χ2n) is 7.97. The lowest BCUT2D eigenvalue weighted by Crippen LogP contribution is -2.06. The van der Waals surface area contributed by atoms with Crippen molar-refractivity contribution in [2.24, 2.45) is 0 Å². The van der Waals surface area contributed by atoms with Crippen LogP contribution in [0.15, 0.2) is 97.1 Å². The maximum absolute atomic E-state index is 14.3. The number of nitrogens with zero attached hydrogens (tertiary/aromatic N) is 1. The highest BCUT2D eigenvalue weighted by molar-refractivity contribution is 5.33. The van der Waals surface area contributed by atoms with Gasteiger partial charge in [-0.25, -0.2) is 18.6 Å². The van der Waals surface area contributed by atoms with Crippen molar-refractivity contribution in [3.63, 3.8) is 0 Å². The molecule has 0 fully saturated rings.